The maximum absolute atomic E-state index is 12.3. The van der Waals surface area contributed by atoms with Gasteiger partial charge in [-0.3, -0.25) is 14.8 Å². The van der Waals surface area contributed by atoms with E-state index in [1.165, 1.54) is 0 Å². The fraction of sp³-hybridized carbons (Fsp3) is 0.263. The van der Waals surface area contributed by atoms with E-state index < -0.39 is 5.91 Å². The summed E-state index contributed by atoms with van der Waals surface area (Å²) in [6.45, 7) is 4.83. The summed E-state index contributed by atoms with van der Waals surface area (Å²) in [4.78, 5) is 23.8. The van der Waals surface area contributed by atoms with Gasteiger partial charge in [-0.1, -0.05) is 44.5 Å². The second-order valence-corrected chi connectivity index (χ2v) is 5.83. The zero-order valence-electron chi connectivity index (χ0n) is 13.9. The highest BCUT2D eigenvalue weighted by atomic mass is 16.5. The van der Waals surface area contributed by atoms with Crippen LogP contribution in [0.15, 0.2) is 48.5 Å². The van der Waals surface area contributed by atoms with Gasteiger partial charge in [-0.15, -0.1) is 0 Å². The molecule has 2 aromatic rings. The molecule has 24 heavy (non-hydrogen) atoms. The minimum Gasteiger partial charge on any atom is -0.352 e. The smallest absolute Gasteiger partial charge is 0.274 e. The molecule has 0 fully saturated rings. The molecule has 1 unspecified atom stereocenters. The Balaban J connectivity index is 2.21. The lowest BCUT2D eigenvalue weighted by Gasteiger charge is -2.11. The van der Waals surface area contributed by atoms with Crippen molar-refractivity contribution in [2.24, 2.45) is 5.92 Å². The van der Waals surface area contributed by atoms with E-state index in [0.717, 1.165) is 17.5 Å². The molecule has 0 radical (unpaired) electrons. The predicted molar refractivity (Wildman–Crippen MR) is 92.9 cm³/mol. The number of rotatable bonds is 6. The molecule has 0 spiro atoms. The van der Waals surface area contributed by atoms with Crippen molar-refractivity contribution in [2.75, 3.05) is 6.54 Å². The van der Waals surface area contributed by atoms with E-state index in [2.05, 4.69) is 19.2 Å². The molecular weight excluding hydrogens is 304 g/mol. The lowest BCUT2D eigenvalue weighted by molar-refractivity contribution is 0.0706. The highest BCUT2D eigenvalue weighted by Crippen LogP contribution is 2.21. The van der Waals surface area contributed by atoms with E-state index in [4.69, 9.17) is 5.21 Å². The zero-order valence-corrected chi connectivity index (χ0v) is 13.9. The Morgan fingerprint density at radius 3 is 2.04 bits per heavy atom. The van der Waals surface area contributed by atoms with Gasteiger partial charge < -0.3 is 5.32 Å². The molecule has 0 heterocycles. The SMILES string of the molecule is CCC(C)CNC(=O)c1cccc(-c2cccc(C(=O)NO)c2)c1. The van der Waals surface area contributed by atoms with Crippen LogP contribution in [-0.2, 0) is 0 Å². The number of carbonyl (C=O) groups is 2. The molecule has 0 aliphatic rings. The van der Waals surface area contributed by atoms with Crippen molar-refractivity contribution in [3.05, 3.63) is 59.7 Å². The summed E-state index contributed by atoms with van der Waals surface area (Å²) in [7, 11) is 0. The van der Waals surface area contributed by atoms with E-state index in [0.29, 0.717) is 23.6 Å². The van der Waals surface area contributed by atoms with Crippen LogP contribution in [0.3, 0.4) is 0 Å². The summed E-state index contributed by atoms with van der Waals surface area (Å²) in [5, 5.41) is 11.7. The van der Waals surface area contributed by atoms with Crippen LogP contribution in [0.4, 0.5) is 0 Å². The topological polar surface area (TPSA) is 78.4 Å². The van der Waals surface area contributed by atoms with Gasteiger partial charge in [0.05, 0.1) is 0 Å². The number of hydrogen-bond donors (Lipinski definition) is 3. The summed E-state index contributed by atoms with van der Waals surface area (Å²) in [5.74, 6) is -0.244. The van der Waals surface area contributed by atoms with E-state index in [9.17, 15) is 9.59 Å². The van der Waals surface area contributed by atoms with Crippen molar-refractivity contribution in [3.63, 3.8) is 0 Å². The van der Waals surface area contributed by atoms with Gasteiger partial charge in [0.25, 0.3) is 11.8 Å². The van der Waals surface area contributed by atoms with Crippen molar-refractivity contribution < 1.29 is 14.8 Å². The van der Waals surface area contributed by atoms with Crippen molar-refractivity contribution in [1.82, 2.24) is 10.8 Å². The van der Waals surface area contributed by atoms with Gasteiger partial charge in [0, 0.05) is 17.7 Å². The van der Waals surface area contributed by atoms with Crippen LogP contribution >= 0.6 is 0 Å². The molecule has 0 aliphatic carbocycles. The number of benzene rings is 2. The summed E-state index contributed by atoms with van der Waals surface area (Å²) in [5.41, 5.74) is 4.18. The average molecular weight is 326 g/mol. The normalized spacial score (nSPS) is 11.6. The lowest BCUT2D eigenvalue weighted by Crippen LogP contribution is -2.28. The maximum Gasteiger partial charge on any atom is 0.274 e. The Bertz CT molecular complexity index is 728. The molecule has 0 saturated heterocycles. The molecule has 0 bridgehead atoms. The van der Waals surface area contributed by atoms with Crippen molar-refractivity contribution in [3.8, 4) is 11.1 Å². The van der Waals surface area contributed by atoms with Crippen molar-refractivity contribution >= 4 is 11.8 Å². The summed E-state index contributed by atoms with van der Waals surface area (Å²) in [6, 6.07) is 14.1. The van der Waals surface area contributed by atoms with E-state index in [1.807, 2.05) is 18.2 Å². The molecule has 2 aromatic carbocycles. The largest absolute Gasteiger partial charge is 0.352 e. The number of amides is 2. The maximum atomic E-state index is 12.3. The van der Waals surface area contributed by atoms with Crippen LogP contribution in [0.1, 0.15) is 41.0 Å². The second-order valence-electron chi connectivity index (χ2n) is 5.83. The fourth-order valence-electron chi connectivity index (χ4n) is 2.26. The summed E-state index contributed by atoms with van der Waals surface area (Å²) in [6.07, 6.45) is 1.01. The second kappa shape index (κ2) is 8.26. The average Bonchev–Trinajstić information content (AvgIpc) is 2.65. The Hall–Kier alpha value is -2.66. The molecule has 1 atom stereocenters. The van der Waals surface area contributed by atoms with E-state index in [-0.39, 0.29) is 5.91 Å². The lowest BCUT2D eigenvalue weighted by atomic mass is 10.0. The molecule has 0 aliphatic heterocycles. The number of nitrogens with one attached hydrogen (secondary N) is 2. The molecular formula is C19H22N2O3. The first-order valence-electron chi connectivity index (χ1n) is 7.98. The Morgan fingerprint density at radius 1 is 1.00 bits per heavy atom. The van der Waals surface area contributed by atoms with Gasteiger partial charge in [-0.05, 0) is 41.3 Å². The highest BCUT2D eigenvalue weighted by molar-refractivity contribution is 5.96. The fourth-order valence-corrected chi connectivity index (χ4v) is 2.26. The molecule has 5 heteroatoms. The first-order valence-corrected chi connectivity index (χ1v) is 7.98. The van der Waals surface area contributed by atoms with Gasteiger partial charge in [-0.2, -0.15) is 0 Å². The standard InChI is InChI=1S/C19H22N2O3/c1-3-13(2)12-20-18(22)16-8-4-6-14(10-16)15-7-5-9-17(11-15)19(23)21-24/h4-11,13,24H,3,12H2,1-2H3,(H,20,22)(H,21,23). The number of hydrogen-bond acceptors (Lipinski definition) is 3. The van der Waals surface area contributed by atoms with Crippen LogP contribution in [0.2, 0.25) is 0 Å². The highest BCUT2D eigenvalue weighted by Gasteiger charge is 2.10. The third kappa shape index (κ3) is 4.43. The van der Waals surface area contributed by atoms with Crippen molar-refractivity contribution in [1.29, 1.82) is 0 Å². The molecule has 2 rings (SSSR count). The minimum absolute atomic E-state index is 0.110. The van der Waals surface area contributed by atoms with Crippen molar-refractivity contribution in [2.45, 2.75) is 20.3 Å². The van der Waals surface area contributed by atoms with Crippen LogP contribution in [0.25, 0.3) is 11.1 Å². The van der Waals surface area contributed by atoms with Crippen LogP contribution in [0.5, 0.6) is 0 Å². The van der Waals surface area contributed by atoms with Gasteiger partial charge in [0.15, 0.2) is 0 Å². The van der Waals surface area contributed by atoms with Crippen LogP contribution in [-0.4, -0.2) is 23.6 Å². The Labute approximate surface area is 141 Å². The first-order chi connectivity index (χ1) is 11.5. The number of carbonyl (C=O) groups excluding carboxylic acids is 2. The Kier molecular flexibility index (Phi) is 6.09. The molecule has 5 nitrogen and oxygen atoms in total. The molecule has 126 valence electrons. The summed E-state index contributed by atoms with van der Waals surface area (Å²) >= 11 is 0. The quantitative estimate of drug-likeness (QED) is 0.563. The van der Waals surface area contributed by atoms with E-state index >= 15 is 0 Å². The zero-order chi connectivity index (χ0) is 17.5. The molecule has 3 N–H and O–H groups in total. The molecule has 0 aromatic heterocycles. The van der Waals surface area contributed by atoms with Gasteiger partial charge in [0.2, 0.25) is 0 Å². The molecule has 0 saturated carbocycles. The number of hydroxylamine groups is 1. The van der Waals surface area contributed by atoms with Gasteiger partial charge in [-0.25, -0.2) is 5.48 Å². The monoisotopic (exact) mass is 326 g/mol. The third-order valence-electron chi connectivity index (χ3n) is 3.99. The third-order valence-corrected chi connectivity index (χ3v) is 3.99. The van der Waals surface area contributed by atoms with E-state index in [1.54, 1.807) is 35.8 Å². The minimum atomic E-state index is -0.570. The van der Waals surface area contributed by atoms with Crippen LogP contribution in [0, 0.1) is 5.92 Å². The predicted octanol–water partition coefficient (Wildman–Crippen LogP) is 3.25. The van der Waals surface area contributed by atoms with Crippen LogP contribution < -0.4 is 10.8 Å². The molecule has 2 amide bonds. The Morgan fingerprint density at radius 2 is 1.54 bits per heavy atom. The van der Waals surface area contributed by atoms with Gasteiger partial charge >= 0.3 is 0 Å². The van der Waals surface area contributed by atoms with Gasteiger partial charge in [0.1, 0.15) is 0 Å². The summed E-state index contributed by atoms with van der Waals surface area (Å²) < 4.78 is 0. The first kappa shape index (κ1) is 17.7.